The molecule has 0 spiro atoms. The molecule has 1 unspecified atom stereocenters. The molecule has 0 aromatic heterocycles. The zero-order chi connectivity index (χ0) is 13.6. The van der Waals surface area contributed by atoms with E-state index in [0.717, 1.165) is 16.4 Å². The van der Waals surface area contributed by atoms with E-state index in [4.69, 9.17) is 0 Å². The van der Waals surface area contributed by atoms with Gasteiger partial charge < -0.3 is 5.11 Å². The molecule has 1 aliphatic heterocycles. The zero-order valence-corrected chi connectivity index (χ0v) is 10.0. The molecule has 0 aliphatic carbocycles. The Morgan fingerprint density at radius 1 is 1.05 bits per heavy atom. The number of nitrogens with zero attached hydrogens (tertiary/aromatic N) is 1. The second-order valence-electron chi connectivity index (χ2n) is 4.34. The molecule has 0 fully saturated rings. The van der Waals surface area contributed by atoms with Gasteiger partial charge >= 0.3 is 0 Å². The molecule has 2 amide bonds. The SMILES string of the molecule is C=CC(O)N1C(=O)c2cccc3cccc(c23)C1=O. The molecule has 2 aromatic carbocycles. The van der Waals surface area contributed by atoms with Crippen LogP contribution in [0.1, 0.15) is 20.7 Å². The minimum absolute atomic E-state index is 0.425. The average Bonchev–Trinajstić information content (AvgIpc) is 2.44. The van der Waals surface area contributed by atoms with E-state index >= 15 is 0 Å². The van der Waals surface area contributed by atoms with Crippen molar-refractivity contribution in [1.82, 2.24) is 4.90 Å². The molecular formula is C15H11NO3. The molecule has 0 saturated carbocycles. The number of imide groups is 1. The molecule has 1 N–H and O–H groups in total. The first-order chi connectivity index (χ1) is 9.15. The quantitative estimate of drug-likeness (QED) is 0.657. The third-order valence-electron chi connectivity index (χ3n) is 3.28. The van der Waals surface area contributed by atoms with Gasteiger partial charge in [-0.1, -0.05) is 30.8 Å². The Kier molecular flexibility index (Phi) is 2.47. The maximum absolute atomic E-state index is 12.3. The number of amides is 2. The van der Waals surface area contributed by atoms with Crippen molar-refractivity contribution in [3.63, 3.8) is 0 Å². The van der Waals surface area contributed by atoms with Crippen LogP contribution < -0.4 is 0 Å². The Hall–Kier alpha value is -2.46. The van der Waals surface area contributed by atoms with E-state index in [1.807, 2.05) is 12.1 Å². The number of benzene rings is 2. The van der Waals surface area contributed by atoms with Crippen molar-refractivity contribution in [3.8, 4) is 0 Å². The summed E-state index contributed by atoms with van der Waals surface area (Å²) in [5.41, 5.74) is 0.849. The number of hydrogen-bond acceptors (Lipinski definition) is 3. The van der Waals surface area contributed by atoms with Crippen molar-refractivity contribution in [2.24, 2.45) is 0 Å². The minimum atomic E-state index is -1.32. The van der Waals surface area contributed by atoms with Gasteiger partial charge in [0.05, 0.1) is 0 Å². The Balaban J connectivity index is 2.34. The minimum Gasteiger partial charge on any atom is -0.369 e. The fourth-order valence-electron chi connectivity index (χ4n) is 2.39. The standard InChI is InChI=1S/C15H11NO3/c1-2-12(17)16-14(18)10-7-3-5-9-6-4-8-11(13(9)10)15(16)19/h2-8,12,17H,1H2. The van der Waals surface area contributed by atoms with E-state index in [0.29, 0.717) is 16.5 Å². The van der Waals surface area contributed by atoms with Crippen LogP contribution in [-0.4, -0.2) is 28.0 Å². The molecular weight excluding hydrogens is 242 g/mol. The van der Waals surface area contributed by atoms with E-state index in [1.54, 1.807) is 24.3 Å². The van der Waals surface area contributed by atoms with Gasteiger partial charge in [0.25, 0.3) is 11.8 Å². The summed E-state index contributed by atoms with van der Waals surface area (Å²) >= 11 is 0. The summed E-state index contributed by atoms with van der Waals surface area (Å²) < 4.78 is 0. The van der Waals surface area contributed by atoms with Crippen molar-refractivity contribution in [3.05, 3.63) is 60.2 Å². The third kappa shape index (κ3) is 1.50. The van der Waals surface area contributed by atoms with Gasteiger partial charge in [0, 0.05) is 16.5 Å². The van der Waals surface area contributed by atoms with Crippen LogP contribution in [0.5, 0.6) is 0 Å². The summed E-state index contributed by atoms with van der Waals surface area (Å²) in [6.07, 6.45) is -0.159. The summed E-state index contributed by atoms with van der Waals surface area (Å²) in [5, 5.41) is 11.3. The van der Waals surface area contributed by atoms with E-state index in [-0.39, 0.29) is 0 Å². The molecule has 1 aliphatic rings. The second kappa shape index (κ2) is 4.03. The highest BCUT2D eigenvalue weighted by molar-refractivity contribution is 6.25. The molecule has 4 heteroatoms. The van der Waals surface area contributed by atoms with Crippen LogP contribution in [0.2, 0.25) is 0 Å². The van der Waals surface area contributed by atoms with Crippen molar-refractivity contribution in [1.29, 1.82) is 0 Å². The summed E-state index contributed by atoms with van der Waals surface area (Å²) in [7, 11) is 0. The van der Waals surface area contributed by atoms with E-state index in [1.165, 1.54) is 0 Å². The summed E-state index contributed by atoms with van der Waals surface area (Å²) in [4.78, 5) is 25.4. The van der Waals surface area contributed by atoms with Gasteiger partial charge in [-0.2, -0.15) is 0 Å². The highest BCUT2D eigenvalue weighted by atomic mass is 16.3. The number of aliphatic hydroxyl groups excluding tert-OH is 1. The van der Waals surface area contributed by atoms with Gasteiger partial charge in [0.15, 0.2) is 6.23 Å². The first-order valence-corrected chi connectivity index (χ1v) is 5.85. The second-order valence-corrected chi connectivity index (χ2v) is 4.34. The normalized spacial score (nSPS) is 15.7. The van der Waals surface area contributed by atoms with Gasteiger partial charge in [-0.25, -0.2) is 4.90 Å². The van der Waals surface area contributed by atoms with E-state index in [9.17, 15) is 14.7 Å². The molecule has 1 atom stereocenters. The van der Waals surface area contributed by atoms with Crippen LogP contribution in [0.15, 0.2) is 49.1 Å². The highest BCUT2D eigenvalue weighted by Crippen LogP contribution is 2.30. The van der Waals surface area contributed by atoms with Crippen molar-refractivity contribution >= 4 is 22.6 Å². The highest BCUT2D eigenvalue weighted by Gasteiger charge is 2.35. The van der Waals surface area contributed by atoms with E-state index in [2.05, 4.69) is 6.58 Å². The predicted octanol–water partition coefficient (Wildman–Crippen LogP) is 1.94. The van der Waals surface area contributed by atoms with Gasteiger partial charge in [-0.15, -0.1) is 0 Å². The lowest BCUT2D eigenvalue weighted by Gasteiger charge is -2.29. The van der Waals surface area contributed by atoms with E-state index < -0.39 is 18.0 Å². The molecule has 0 saturated heterocycles. The number of rotatable bonds is 2. The Morgan fingerprint density at radius 3 is 2.05 bits per heavy atom. The first-order valence-electron chi connectivity index (χ1n) is 5.85. The number of aliphatic hydroxyl groups is 1. The van der Waals surface area contributed by atoms with Gasteiger partial charge in [0.1, 0.15) is 0 Å². The molecule has 94 valence electrons. The fraction of sp³-hybridized carbons (Fsp3) is 0.0667. The van der Waals surface area contributed by atoms with Crippen molar-refractivity contribution < 1.29 is 14.7 Å². The Labute approximate surface area is 109 Å². The number of carbonyl (C=O) groups is 2. The average molecular weight is 253 g/mol. The smallest absolute Gasteiger partial charge is 0.263 e. The zero-order valence-electron chi connectivity index (χ0n) is 10.0. The maximum atomic E-state index is 12.3. The number of carbonyl (C=O) groups excluding carboxylic acids is 2. The molecule has 0 radical (unpaired) electrons. The summed E-state index contributed by atoms with van der Waals surface area (Å²) in [6.45, 7) is 3.41. The van der Waals surface area contributed by atoms with Crippen molar-refractivity contribution in [2.75, 3.05) is 0 Å². The third-order valence-corrected chi connectivity index (χ3v) is 3.28. The Bertz CT molecular complexity index is 670. The van der Waals surface area contributed by atoms with Crippen LogP contribution in [0.4, 0.5) is 0 Å². The van der Waals surface area contributed by atoms with Crippen molar-refractivity contribution in [2.45, 2.75) is 6.23 Å². The maximum Gasteiger partial charge on any atom is 0.263 e. The van der Waals surface area contributed by atoms with Gasteiger partial charge in [-0.3, -0.25) is 9.59 Å². The number of hydrogen-bond donors (Lipinski definition) is 1. The molecule has 2 aromatic rings. The van der Waals surface area contributed by atoms with Crippen LogP contribution in [0.25, 0.3) is 10.8 Å². The summed E-state index contributed by atoms with van der Waals surface area (Å²) in [5.74, 6) is -0.997. The largest absolute Gasteiger partial charge is 0.369 e. The van der Waals surface area contributed by atoms with Crippen LogP contribution in [0, 0.1) is 0 Å². The molecule has 4 nitrogen and oxygen atoms in total. The fourth-order valence-corrected chi connectivity index (χ4v) is 2.39. The molecule has 0 bridgehead atoms. The lowest BCUT2D eigenvalue weighted by molar-refractivity contribution is 0.0263. The lowest BCUT2D eigenvalue weighted by atomic mass is 9.94. The molecule has 1 heterocycles. The first kappa shape index (κ1) is 11.6. The monoisotopic (exact) mass is 253 g/mol. The lowest BCUT2D eigenvalue weighted by Crippen LogP contribution is -2.46. The van der Waals surface area contributed by atoms with Gasteiger partial charge in [0.2, 0.25) is 0 Å². The predicted molar refractivity (Wildman–Crippen MR) is 70.7 cm³/mol. The van der Waals surface area contributed by atoms with Crippen LogP contribution in [0.3, 0.4) is 0 Å². The molecule has 19 heavy (non-hydrogen) atoms. The topological polar surface area (TPSA) is 57.6 Å². The van der Waals surface area contributed by atoms with Crippen LogP contribution in [-0.2, 0) is 0 Å². The Morgan fingerprint density at radius 2 is 1.58 bits per heavy atom. The van der Waals surface area contributed by atoms with Crippen LogP contribution >= 0.6 is 0 Å². The van der Waals surface area contributed by atoms with Gasteiger partial charge in [-0.05, 0) is 23.6 Å². The molecule has 3 rings (SSSR count). The summed E-state index contributed by atoms with van der Waals surface area (Å²) in [6, 6.07) is 10.5.